The van der Waals surface area contributed by atoms with Gasteiger partial charge in [0.1, 0.15) is 5.82 Å². The van der Waals surface area contributed by atoms with Crippen LogP contribution in [0.3, 0.4) is 0 Å². The number of hydrogen-bond donors (Lipinski definition) is 1. The Morgan fingerprint density at radius 1 is 1.47 bits per heavy atom. The van der Waals surface area contributed by atoms with E-state index in [9.17, 15) is 4.39 Å². The lowest BCUT2D eigenvalue weighted by Crippen LogP contribution is -2.35. The Morgan fingerprint density at radius 2 is 2.18 bits per heavy atom. The average molecular weight is 318 g/mol. The molecular weight excluding hydrogens is 301 g/mol. The van der Waals surface area contributed by atoms with Crippen LogP contribution >= 0.6 is 27.7 Å². The third-order valence-electron chi connectivity index (χ3n) is 3.27. The monoisotopic (exact) mass is 317 g/mol. The van der Waals surface area contributed by atoms with E-state index < -0.39 is 0 Å². The van der Waals surface area contributed by atoms with Crippen LogP contribution < -0.4 is 5.32 Å². The molecular formula is C13H17BrFNS. The predicted octanol–water partition coefficient (Wildman–Crippen LogP) is 4.12. The highest BCUT2D eigenvalue weighted by atomic mass is 79.9. The first kappa shape index (κ1) is 13.4. The lowest BCUT2D eigenvalue weighted by Gasteiger charge is -2.36. The molecule has 0 fully saturated rings. The van der Waals surface area contributed by atoms with Crippen LogP contribution in [0.15, 0.2) is 16.6 Å². The van der Waals surface area contributed by atoms with Gasteiger partial charge in [0.15, 0.2) is 0 Å². The van der Waals surface area contributed by atoms with Gasteiger partial charge in [0.25, 0.3) is 0 Å². The molecule has 4 heteroatoms. The van der Waals surface area contributed by atoms with Crippen molar-refractivity contribution < 1.29 is 4.39 Å². The maximum atomic E-state index is 13.8. The van der Waals surface area contributed by atoms with E-state index in [1.54, 1.807) is 6.07 Å². The fraction of sp³-hybridized carbons (Fsp3) is 0.538. The number of hydrogen-bond acceptors (Lipinski definition) is 2. The van der Waals surface area contributed by atoms with Crippen LogP contribution in [0.5, 0.6) is 0 Å². The zero-order chi connectivity index (χ0) is 12.6. The van der Waals surface area contributed by atoms with E-state index in [4.69, 9.17) is 0 Å². The molecule has 17 heavy (non-hydrogen) atoms. The smallest absolute Gasteiger partial charge is 0.127 e. The largest absolute Gasteiger partial charge is 0.312 e. The lowest BCUT2D eigenvalue weighted by atomic mass is 9.92. The standard InChI is InChI=1S/C13H17BrFNS/c1-7(2)13-12(16-3)11-8(6-17-13)10(15)5-4-9(11)14/h4-5,7,12-13,16H,6H2,1-3H3. The van der Waals surface area contributed by atoms with E-state index in [1.165, 1.54) is 0 Å². The van der Waals surface area contributed by atoms with Gasteiger partial charge >= 0.3 is 0 Å². The zero-order valence-corrected chi connectivity index (χ0v) is 12.7. The minimum Gasteiger partial charge on any atom is -0.312 e. The third-order valence-corrected chi connectivity index (χ3v) is 5.62. The number of benzene rings is 1. The topological polar surface area (TPSA) is 12.0 Å². The van der Waals surface area contributed by atoms with Crippen LogP contribution in [0, 0.1) is 11.7 Å². The Hall–Kier alpha value is -0.0600. The molecule has 0 bridgehead atoms. The van der Waals surface area contributed by atoms with Gasteiger partial charge in [-0.2, -0.15) is 11.8 Å². The molecule has 0 aliphatic carbocycles. The zero-order valence-electron chi connectivity index (χ0n) is 10.3. The minimum atomic E-state index is -0.0850. The van der Waals surface area contributed by atoms with Gasteiger partial charge in [0, 0.05) is 27.1 Å². The highest BCUT2D eigenvalue weighted by Gasteiger charge is 2.33. The lowest BCUT2D eigenvalue weighted by molar-refractivity contribution is 0.460. The van der Waals surface area contributed by atoms with Crippen LogP contribution in [-0.2, 0) is 5.75 Å². The highest BCUT2D eigenvalue weighted by molar-refractivity contribution is 9.10. The molecule has 1 heterocycles. The van der Waals surface area contributed by atoms with Crippen molar-refractivity contribution in [2.75, 3.05) is 7.05 Å². The summed E-state index contributed by atoms with van der Waals surface area (Å²) in [5.41, 5.74) is 1.95. The summed E-state index contributed by atoms with van der Waals surface area (Å²) in [7, 11) is 1.95. The van der Waals surface area contributed by atoms with Gasteiger partial charge in [-0.3, -0.25) is 0 Å². The van der Waals surface area contributed by atoms with Gasteiger partial charge in [0.05, 0.1) is 0 Å². The van der Waals surface area contributed by atoms with Crippen molar-refractivity contribution in [3.05, 3.63) is 33.5 Å². The average Bonchev–Trinajstić information content (AvgIpc) is 2.32. The molecule has 2 rings (SSSR count). The van der Waals surface area contributed by atoms with Gasteiger partial charge in [0.2, 0.25) is 0 Å². The SMILES string of the molecule is CNC1c2c(Br)ccc(F)c2CSC1C(C)C. The Balaban J connectivity index is 2.50. The van der Waals surface area contributed by atoms with Crippen LogP contribution in [0.2, 0.25) is 0 Å². The number of rotatable bonds is 2. The second kappa shape index (κ2) is 5.29. The molecule has 1 aromatic carbocycles. The first-order valence-electron chi connectivity index (χ1n) is 5.82. The number of thioether (sulfide) groups is 1. The van der Waals surface area contributed by atoms with Gasteiger partial charge in [-0.25, -0.2) is 4.39 Å². The summed E-state index contributed by atoms with van der Waals surface area (Å²) in [6.45, 7) is 4.44. The van der Waals surface area contributed by atoms with Crippen molar-refractivity contribution in [2.45, 2.75) is 30.9 Å². The van der Waals surface area contributed by atoms with E-state index in [-0.39, 0.29) is 11.9 Å². The van der Waals surface area contributed by atoms with E-state index in [0.29, 0.717) is 11.2 Å². The van der Waals surface area contributed by atoms with Crippen molar-refractivity contribution in [1.82, 2.24) is 5.32 Å². The molecule has 1 N–H and O–H groups in total. The van der Waals surface area contributed by atoms with Crippen molar-refractivity contribution in [1.29, 1.82) is 0 Å². The van der Waals surface area contributed by atoms with E-state index in [2.05, 4.69) is 35.1 Å². The molecule has 1 aliphatic rings. The summed E-state index contributed by atoms with van der Waals surface area (Å²) in [4.78, 5) is 0. The molecule has 0 spiro atoms. The van der Waals surface area contributed by atoms with Crippen molar-refractivity contribution in [3.8, 4) is 0 Å². The first-order valence-corrected chi connectivity index (χ1v) is 7.66. The molecule has 2 unspecified atom stereocenters. The Bertz CT molecular complexity index is 422. The molecule has 1 nitrogen and oxygen atoms in total. The van der Waals surface area contributed by atoms with E-state index >= 15 is 0 Å². The molecule has 0 saturated heterocycles. The minimum absolute atomic E-state index is 0.0850. The van der Waals surface area contributed by atoms with Gasteiger partial charge < -0.3 is 5.32 Å². The highest BCUT2D eigenvalue weighted by Crippen LogP contribution is 2.44. The predicted molar refractivity (Wildman–Crippen MR) is 75.8 cm³/mol. The first-order chi connectivity index (χ1) is 8.06. The van der Waals surface area contributed by atoms with Gasteiger partial charge in [-0.1, -0.05) is 29.8 Å². The van der Waals surface area contributed by atoms with Gasteiger partial charge in [-0.15, -0.1) is 0 Å². The molecule has 1 aromatic rings. The fourth-order valence-corrected chi connectivity index (χ4v) is 4.54. The Kier molecular flexibility index (Phi) is 4.16. The molecule has 0 radical (unpaired) electrons. The second-order valence-corrected chi connectivity index (χ2v) is 6.73. The van der Waals surface area contributed by atoms with Crippen molar-refractivity contribution in [2.24, 2.45) is 5.92 Å². The summed E-state index contributed by atoms with van der Waals surface area (Å²) in [6.07, 6.45) is 0. The van der Waals surface area contributed by atoms with Gasteiger partial charge in [-0.05, 0) is 30.7 Å². The maximum Gasteiger partial charge on any atom is 0.127 e. The number of fused-ring (bicyclic) bond motifs is 1. The summed E-state index contributed by atoms with van der Waals surface area (Å²) in [5, 5.41) is 3.83. The summed E-state index contributed by atoms with van der Waals surface area (Å²) >= 11 is 5.40. The third kappa shape index (κ3) is 2.40. The molecule has 0 saturated carbocycles. The van der Waals surface area contributed by atoms with Crippen LogP contribution in [-0.4, -0.2) is 12.3 Å². The number of halogens is 2. The van der Waals surface area contributed by atoms with Crippen LogP contribution in [0.25, 0.3) is 0 Å². The van der Waals surface area contributed by atoms with Crippen molar-refractivity contribution >= 4 is 27.7 Å². The molecule has 94 valence electrons. The van der Waals surface area contributed by atoms with E-state index in [1.807, 2.05) is 24.9 Å². The normalized spacial score (nSPS) is 23.9. The fourth-order valence-electron chi connectivity index (χ4n) is 2.42. The van der Waals surface area contributed by atoms with Crippen molar-refractivity contribution in [3.63, 3.8) is 0 Å². The summed E-state index contributed by atoms with van der Waals surface area (Å²) in [6, 6.07) is 3.58. The summed E-state index contributed by atoms with van der Waals surface area (Å²) < 4.78 is 14.8. The summed E-state index contributed by atoms with van der Waals surface area (Å²) in [5.74, 6) is 1.25. The maximum absolute atomic E-state index is 13.8. The van der Waals surface area contributed by atoms with Crippen LogP contribution in [0.1, 0.15) is 31.0 Å². The molecule has 1 aliphatic heterocycles. The second-order valence-electron chi connectivity index (χ2n) is 4.71. The molecule has 0 amide bonds. The van der Waals surface area contributed by atoms with Crippen LogP contribution in [0.4, 0.5) is 4.39 Å². The van der Waals surface area contributed by atoms with E-state index in [0.717, 1.165) is 21.4 Å². The molecule has 2 atom stereocenters. The Labute approximate surface area is 115 Å². The molecule has 0 aromatic heterocycles. The number of nitrogens with one attached hydrogen (secondary N) is 1. The Morgan fingerprint density at radius 3 is 2.76 bits per heavy atom. The quantitative estimate of drug-likeness (QED) is 0.880.